The first-order chi connectivity index (χ1) is 31.0. The van der Waals surface area contributed by atoms with Crippen molar-refractivity contribution in [1.82, 2.24) is 0 Å². The predicted octanol–water partition coefficient (Wildman–Crippen LogP) is 16.8. The van der Waals surface area contributed by atoms with Crippen LogP contribution in [0.25, 0.3) is 0 Å². The Bertz CT molecular complexity index is 1330. The monoisotopic (exact) mass is 873 g/mol. The Kier molecular flexibility index (Phi) is 47.5. The average molecular weight is 873 g/mol. The lowest BCUT2D eigenvalue weighted by Gasteiger charge is -2.18. The van der Waals surface area contributed by atoms with Crippen molar-refractivity contribution < 1.29 is 28.6 Å². The summed E-state index contributed by atoms with van der Waals surface area (Å²) in [6, 6.07) is 0. The van der Waals surface area contributed by atoms with E-state index in [1.54, 1.807) is 0 Å². The van der Waals surface area contributed by atoms with E-state index < -0.39 is 6.10 Å². The fourth-order valence-corrected chi connectivity index (χ4v) is 6.40. The third-order valence-corrected chi connectivity index (χ3v) is 10.2. The second kappa shape index (κ2) is 50.7. The molecule has 0 aromatic carbocycles. The highest BCUT2D eigenvalue weighted by atomic mass is 16.6. The van der Waals surface area contributed by atoms with Gasteiger partial charge in [0.15, 0.2) is 6.10 Å². The van der Waals surface area contributed by atoms with Gasteiger partial charge in [-0.25, -0.2) is 0 Å². The van der Waals surface area contributed by atoms with Gasteiger partial charge in [-0.1, -0.05) is 188 Å². The first kappa shape index (κ1) is 59.1. The quantitative estimate of drug-likeness (QED) is 0.0263. The molecule has 0 radical (unpaired) electrons. The number of carbonyl (C=O) groups excluding carboxylic acids is 3. The van der Waals surface area contributed by atoms with Gasteiger partial charge >= 0.3 is 17.9 Å². The van der Waals surface area contributed by atoms with Crippen molar-refractivity contribution in [3.63, 3.8) is 0 Å². The summed E-state index contributed by atoms with van der Waals surface area (Å²) < 4.78 is 16.7. The van der Waals surface area contributed by atoms with Crippen molar-refractivity contribution in [3.05, 3.63) is 109 Å². The van der Waals surface area contributed by atoms with Crippen molar-refractivity contribution in [2.45, 2.75) is 219 Å². The van der Waals surface area contributed by atoms with Crippen LogP contribution in [0.3, 0.4) is 0 Å². The number of hydrogen-bond donors (Lipinski definition) is 0. The van der Waals surface area contributed by atoms with Crippen LogP contribution < -0.4 is 0 Å². The molecule has 0 aliphatic rings. The van der Waals surface area contributed by atoms with Crippen LogP contribution >= 0.6 is 0 Å². The highest BCUT2D eigenvalue weighted by Crippen LogP contribution is 2.12. The average Bonchev–Trinajstić information content (AvgIpc) is 3.28. The highest BCUT2D eigenvalue weighted by molar-refractivity contribution is 5.71. The van der Waals surface area contributed by atoms with Gasteiger partial charge in [0, 0.05) is 19.3 Å². The molecule has 6 heteroatoms. The second-order valence-corrected chi connectivity index (χ2v) is 16.3. The minimum Gasteiger partial charge on any atom is -0.462 e. The van der Waals surface area contributed by atoms with Gasteiger partial charge in [0.25, 0.3) is 0 Å². The summed E-state index contributed by atoms with van der Waals surface area (Å²) in [5.74, 6) is -1.01. The van der Waals surface area contributed by atoms with E-state index in [4.69, 9.17) is 14.2 Å². The molecule has 0 aromatic heterocycles. The number of carbonyl (C=O) groups is 3. The van der Waals surface area contributed by atoms with E-state index in [0.29, 0.717) is 12.8 Å². The molecule has 1 atom stereocenters. The van der Waals surface area contributed by atoms with Crippen LogP contribution in [0.5, 0.6) is 0 Å². The molecule has 0 unspecified atom stereocenters. The molecule has 63 heavy (non-hydrogen) atoms. The van der Waals surface area contributed by atoms with Crippen LogP contribution in [-0.4, -0.2) is 37.2 Å². The zero-order chi connectivity index (χ0) is 45.8. The van der Waals surface area contributed by atoms with Gasteiger partial charge in [0.05, 0.1) is 0 Å². The zero-order valence-electron chi connectivity index (χ0n) is 40.5. The van der Waals surface area contributed by atoms with Crippen molar-refractivity contribution in [1.29, 1.82) is 0 Å². The maximum absolute atomic E-state index is 12.8. The largest absolute Gasteiger partial charge is 0.462 e. The van der Waals surface area contributed by atoms with Crippen molar-refractivity contribution in [2.75, 3.05) is 13.2 Å². The lowest BCUT2D eigenvalue weighted by molar-refractivity contribution is -0.167. The molecule has 0 aromatic rings. The van der Waals surface area contributed by atoms with Gasteiger partial charge in [-0.2, -0.15) is 0 Å². The molecular formula is C57H92O6. The van der Waals surface area contributed by atoms with E-state index in [0.717, 1.165) is 116 Å². The van der Waals surface area contributed by atoms with Gasteiger partial charge in [0.1, 0.15) is 13.2 Å². The van der Waals surface area contributed by atoms with Crippen LogP contribution in [0.15, 0.2) is 109 Å². The lowest BCUT2D eigenvalue weighted by Crippen LogP contribution is -2.30. The third-order valence-electron chi connectivity index (χ3n) is 10.2. The normalized spacial score (nSPS) is 13.0. The van der Waals surface area contributed by atoms with Crippen LogP contribution in [0.2, 0.25) is 0 Å². The minimum atomic E-state index is -0.817. The van der Waals surface area contributed by atoms with Crippen molar-refractivity contribution in [3.8, 4) is 0 Å². The Balaban J connectivity index is 4.53. The van der Waals surface area contributed by atoms with E-state index in [1.165, 1.54) is 51.4 Å². The molecule has 0 spiro atoms. The summed E-state index contributed by atoms with van der Waals surface area (Å²) >= 11 is 0. The minimum absolute atomic E-state index is 0.112. The molecule has 0 amide bonds. The molecule has 0 saturated carbocycles. The van der Waals surface area contributed by atoms with Gasteiger partial charge in [-0.15, -0.1) is 0 Å². The van der Waals surface area contributed by atoms with Crippen LogP contribution in [0.1, 0.15) is 213 Å². The van der Waals surface area contributed by atoms with E-state index in [1.807, 2.05) is 0 Å². The molecule has 0 aliphatic heterocycles. The zero-order valence-corrected chi connectivity index (χ0v) is 40.5. The first-order valence-electron chi connectivity index (χ1n) is 25.4. The molecule has 6 nitrogen and oxygen atoms in total. The fraction of sp³-hybridized carbons (Fsp3) is 0.632. The molecule has 0 bridgehead atoms. The number of unbranched alkanes of at least 4 members (excludes halogenated alkanes) is 15. The number of hydrogen-bond acceptors (Lipinski definition) is 6. The Morgan fingerprint density at radius 3 is 1.10 bits per heavy atom. The van der Waals surface area contributed by atoms with Gasteiger partial charge in [-0.3, -0.25) is 14.4 Å². The Labute approximate surface area is 387 Å². The van der Waals surface area contributed by atoms with Crippen LogP contribution in [0.4, 0.5) is 0 Å². The Morgan fingerprint density at radius 2 is 0.651 bits per heavy atom. The van der Waals surface area contributed by atoms with E-state index in [9.17, 15) is 14.4 Å². The highest BCUT2D eigenvalue weighted by Gasteiger charge is 2.19. The van der Waals surface area contributed by atoms with Gasteiger partial charge < -0.3 is 14.2 Å². The Hall–Kier alpha value is -3.93. The summed E-state index contributed by atoms with van der Waals surface area (Å²) in [4.78, 5) is 37.9. The van der Waals surface area contributed by atoms with Crippen molar-refractivity contribution >= 4 is 17.9 Å². The molecular weight excluding hydrogens is 781 g/mol. The van der Waals surface area contributed by atoms with E-state index in [2.05, 4.69) is 130 Å². The van der Waals surface area contributed by atoms with Gasteiger partial charge in [0.2, 0.25) is 0 Å². The third kappa shape index (κ3) is 49.0. The first-order valence-corrected chi connectivity index (χ1v) is 25.4. The van der Waals surface area contributed by atoms with E-state index >= 15 is 0 Å². The molecule has 356 valence electrons. The topological polar surface area (TPSA) is 78.9 Å². The van der Waals surface area contributed by atoms with Crippen LogP contribution in [-0.2, 0) is 28.6 Å². The standard InChI is InChI=1S/C57H92O6/c1-4-7-10-13-16-19-22-24-26-28-30-32-35-38-41-44-47-50-56(59)62-53-54(52-61-55(58)49-46-43-40-37-34-21-18-15-12-9-6-3)63-57(60)51-48-45-42-39-36-33-31-29-27-25-23-20-17-14-11-8-5-2/h7,10,15-20,24-27,30-33,38,41,54H,4-6,8-9,11-14,21-23,28-29,34-37,39-40,42-53H2,1-3H3/b10-7-,18-15-,19-16-,20-17-,26-24-,27-25-,32-30-,33-31-,41-38-/t54-/m0/s1. The number of allylic oxidation sites excluding steroid dienone is 18. The summed E-state index contributed by atoms with van der Waals surface area (Å²) in [5.41, 5.74) is 0. The van der Waals surface area contributed by atoms with Crippen LogP contribution in [0, 0.1) is 0 Å². The van der Waals surface area contributed by atoms with E-state index in [-0.39, 0.29) is 44.0 Å². The number of rotatable bonds is 44. The smallest absolute Gasteiger partial charge is 0.306 e. The molecule has 0 saturated heterocycles. The van der Waals surface area contributed by atoms with Gasteiger partial charge in [-0.05, 0) is 116 Å². The summed E-state index contributed by atoms with van der Waals surface area (Å²) in [7, 11) is 0. The predicted molar refractivity (Wildman–Crippen MR) is 270 cm³/mol. The maximum atomic E-state index is 12.8. The second-order valence-electron chi connectivity index (χ2n) is 16.3. The molecule has 0 heterocycles. The lowest BCUT2D eigenvalue weighted by atomic mass is 10.1. The summed E-state index contributed by atoms with van der Waals surface area (Å²) in [6.07, 6.45) is 67.9. The number of esters is 3. The number of ether oxygens (including phenoxy) is 3. The summed E-state index contributed by atoms with van der Waals surface area (Å²) in [6.45, 7) is 6.36. The Morgan fingerprint density at radius 1 is 0.333 bits per heavy atom. The fourth-order valence-electron chi connectivity index (χ4n) is 6.40. The molecule has 0 N–H and O–H groups in total. The molecule has 0 fully saturated rings. The van der Waals surface area contributed by atoms with Crippen molar-refractivity contribution in [2.24, 2.45) is 0 Å². The SMILES string of the molecule is CC/C=C\C/C=C\C/C=C\C/C=C\C/C=C\CCCC(=O)OC[C@H](COC(=O)CCCCCCC/C=C\CCCC)OC(=O)CCCCCC/C=C\C/C=C\C/C=C\CCCCC. The molecule has 0 aliphatic carbocycles. The maximum Gasteiger partial charge on any atom is 0.306 e. The molecule has 0 rings (SSSR count). The summed E-state index contributed by atoms with van der Waals surface area (Å²) in [5, 5.41) is 0.